The first-order valence-electron chi connectivity index (χ1n) is 12.5. The van der Waals surface area contributed by atoms with Crippen molar-refractivity contribution in [3.8, 4) is 0 Å². The molecule has 0 spiro atoms. The van der Waals surface area contributed by atoms with E-state index in [4.69, 9.17) is 8.85 Å². The van der Waals surface area contributed by atoms with Gasteiger partial charge in [0.2, 0.25) is 0 Å². The molecule has 0 bridgehead atoms. The summed E-state index contributed by atoms with van der Waals surface area (Å²) in [6.45, 7) is 15.0. The van der Waals surface area contributed by atoms with E-state index in [2.05, 4.69) is 63.1 Å². The van der Waals surface area contributed by atoms with Crippen LogP contribution in [0.4, 0.5) is 0 Å². The van der Waals surface area contributed by atoms with E-state index in [1.165, 1.54) is 7.11 Å². The molecule has 0 rings (SSSR count). The summed E-state index contributed by atoms with van der Waals surface area (Å²) in [6.07, 6.45) is 13.9. The first-order chi connectivity index (χ1) is 14.9. The fraction of sp³-hybridized carbons (Fsp3) is 0.840. The average molecular weight is 487 g/mol. The van der Waals surface area contributed by atoms with E-state index in [0.29, 0.717) is 12.8 Å². The van der Waals surface area contributed by atoms with Gasteiger partial charge in [0, 0.05) is 12.8 Å². The molecule has 5 nitrogen and oxygen atoms in total. The van der Waals surface area contributed by atoms with Crippen molar-refractivity contribution in [1.29, 1.82) is 0 Å². The third kappa shape index (κ3) is 17.7. The van der Waals surface area contributed by atoms with Gasteiger partial charge in [-0.25, -0.2) is 0 Å². The van der Waals surface area contributed by atoms with E-state index in [9.17, 15) is 9.59 Å². The van der Waals surface area contributed by atoms with Gasteiger partial charge < -0.3 is 13.6 Å². The molecule has 32 heavy (non-hydrogen) atoms. The van der Waals surface area contributed by atoms with Crippen LogP contribution in [0.5, 0.6) is 0 Å². The predicted octanol–water partition coefficient (Wildman–Crippen LogP) is 7.04. The van der Waals surface area contributed by atoms with Crippen LogP contribution in [-0.4, -0.2) is 47.7 Å². The molecule has 0 N–H and O–H groups in total. The third-order valence-electron chi connectivity index (χ3n) is 4.92. The first-order valence-corrected chi connectivity index (χ1v) is 19.3. The highest BCUT2D eigenvalue weighted by Crippen LogP contribution is 2.21. The number of hydrogen-bond acceptors (Lipinski definition) is 5. The van der Waals surface area contributed by atoms with Crippen LogP contribution in [-0.2, 0) is 23.2 Å². The second-order valence-corrected chi connectivity index (χ2v) is 19.5. The van der Waals surface area contributed by atoms with E-state index in [1.807, 2.05) is 0 Å². The van der Waals surface area contributed by atoms with Crippen molar-refractivity contribution in [2.75, 3.05) is 7.11 Å². The molecule has 0 saturated carbocycles. The lowest BCUT2D eigenvalue weighted by Gasteiger charge is -2.34. The molecule has 0 aliphatic heterocycles. The van der Waals surface area contributed by atoms with Gasteiger partial charge in [0.25, 0.3) is 0 Å². The molecule has 0 saturated heterocycles. The molecule has 0 fully saturated rings. The van der Waals surface area contributed by atoms with Crippen molar-refractivity contribution in [2.45, 2.75) is 129 Å². The molecule has 2 unspecified atom stereocenters. The van der Waals surface area contributed by atoms with E-state index in [-0.39, 0.29) is 17.9 Å². The first kappa shape index (κ1) is 31.2. The molecule has 0 amide bonds. The lowest BCUT2D eigenvalue weighted by molar-refractivity contribution is -0.140. The number of ketones is 1. The number of rotatable bonds is 19. The highest BCUT2D eigenvalue weighted by Gasteiger charge is 2.34. The van der Waals surface area contributed by atoms with Gasteiger partial charge in [-0.05, 0) is 65.0 Å². The van der Waals surface area contributed by atoms with E-state index >= 15 is 0 Å². The number of methoxy groups -OCH3 is 1. The predicted molar refractivity (Wildman–Crippen MR) is 139 cm³/mol. The second-order valence-electron chi connectivity index (χ2n) is 10.6. The molecule has 0 aromatic heterocycles. The van der Waals surface area contributed by atoms with Gasteiger partial charge in [0.05, 0.1) is 13.2 Å². The summed E-state index contributed by atoms with van der Waals surface area (Å²) in [4.78, 5) is 24.2. The smallest absolute Gasteiger partial charge is 0.305 e. The summed E-state index contributed by atoms with van der Waals surface area (Å²) in [5.41, 5.74) is 0. The van der Waals surface area contributed by atoms with Crippen LogP contribution in [0, 0.1) is 0 Å². The molecule has 0 radical (unpaired) electrons. The van der Waals surface area contributed by atoms with E-state index in [0.717, 1.165) is 57.8 Å². The highest BCUT2D eigenvalue weighted by atomic mass is 28.4. The van der Waals surface area contributed by atoms with Crippen LogP contribution in [0.1, 0.15) is 77.6 Å². The van der Waals surface area contributed by atoms with Gasteiger partial charge in [-0.2, -0.15) is 0 Å². The van der Waals surface area contributed by atoms with Crippen LogP contribution in [0.3, 0.4) is 0 Å². The number of hydrogen-bond donors (Lipinski definition) is 0. The van der Waals surface area contributed by atoms with Crippen LogP contribution in [0.2, 0.25) is 39.3 Å². The number of esters is 1. The molecule has 0 aliphatic carbocycles. The van der Waals surface area contributed by atoms with Crippen molar-refractivity contribution in [3.05, 3.63) is 12.2 Å². The zero-order chi connectivity index (χ0) is 24.6. The molecule has 0 heterocycles. The number of Topliss-reactive ketones (excluding diaryl/α,β-unsaturated/α-hetero) is 1. The molecule has 0 aliphatic rings. The minimum Gasteiger partial charge on any atom is -0.469 e. The standard InChI is InChI=1S/C25H50O5Si2/c1-9-10-16-19-22(26)25(30-32(6,7)8)23(29-31(3,4)5)20-17-14-12-11-13-15-18-21-24(27)28-2/h17,20,23,25H,9-16,18-19,21H2,1-8H3. The molecular weight excluding hydrogens is 436 g/mol. The van der Waals surface area contributed by atoms with Gasteiger partial charge in [-0.3, -0.25) is 9.59 Å². The van der Waals surface area contributed by atoms with E-state index < -0.39 is 22.7 Å². The normalized spacial score (nSPS) is 14.5. The average Bonchev–Trinajstić information content (AvgIpc) is 2.68. The molecule has 0 aromatic rings. The monoisotopic (exact) mass is 486 g/mol. The van der Waals surface area contributed by atoms with Crippen molar-refractivity contribution in [3.63, 3.8) is 0 Å². The number of carbonyl (C=O) groups is 2. The van der Waals surface area contributed by atoms with Gasteiger partial charge >= 0.3 is 5.97 Å². The van der Waals surface area contributed by atoms with Crippen LogP contribution in [0.15, 0.2) is 12.2 Å². The summed E-state index contributed by atoms with van der Waals surface area (Å²) < 4.78 is 17.5. The molecule has 188 valence electrons. The summed E-state index contributed by atoms with van der Waals surface area (Å²) in [5.74, 6) is 0.0556. The van der Waals surface area contributed by atoms with Crippen LogP contribution in [0.25, 0.3) is 0 Å². The lowest BCUT2D eigenvalue weighted by Crippen LogP contribution is -2.47. The Bertz CT molecular complexity index is 550. The van der Waals surface area contributed by atoms with Crippen LogP contribution >= 0.6 is 0 Å². The molecule has 7 heteroatoms. The Hall–Kier alpha value is -0.766. The Labute approximate surface area is 199 Å². The highest BCUT2D eigenvalue weighted by molar-refractivity contribution is 6.70. The summed E-state index contributed by atoms with van der Waals surface area (Å²) >= 11 is 0. The maximum absolute atomic E-state index is 13.1. The number of carbonyl (C=O) groups excluding carboxylic acids is 2. The van der Waals surface area contributed by atoms with Crippen molar-refractivity contribution in [2.24, 2.45) is 0 Å². The molecular formula is C25H50O5Si2. The Morgan fingerprint density at radius 3 is 1.91 bits per heavy atom. The minimum atomic E-state index is -1.91. The molecule has 0 aromatic carbocycles. The Balaban J connectivity index is 4.89. The SMILES string of the molecule is CCCCCC(=O)C(O[Si](C)(C)C)C(C=CCCCCCCCC(=O)OC)O[Si](C)(C)C. The fourth-order valence-corrected chi connectivity index (χ4v) is 5.44. The van der Waals surface area contributed by atoms with Crippen LogP contribution < -0.4 is 0 Å². The van der Waals surface area contributed by atoms with Crippen molar-refractivity contribution >= 4 is 28.4 Å². The summed E-state index contributed by atoms with van der Waals surface area (Å²) in [7, 11) is -2.32. The topological polar surface area (TPSA) is 61.8 Å². The number of unbranched alkanes of at least 4 members (excludes halogenated alkanes) is 7. The fourth-order valence-electron chi connectivity index (χ4n) is 3.39. The lowest BCUT2D eigenvalue weighted by atomic mass is 10.0. The minimum absolute atomic E-state index is 0.124. The van der Waals surface area contributed by atoms with Crippen molar-refractivity contribution in [1.82, 2.24) is 0 Å². The van der Waals surface area contributed by atoms with Gasteiger partial charge in [0.1, 0.15) is 6.10 Å². The quantitative estimate of drug-likeness (QED) is 0.0848. The second kappa shape index (κ2) is 16.8. The summed E-state index contributed by atoms with van der Waals surface area (Å²) in [6, 6.07) is 0. The maximum Gasteiger partial charge on any atom is 0.305 e. The maximum atomic E-state index is 13.1. The number of ether oxygens (including phenoxy) is 1. The number of allylic oxidation sites excluding steroid dienone is 1. The molecule has 2 atom stereocenters. The van der Waals surface area contributed by atoms with Gasteiger partial charge in [0.15, 0.2) is 22.4 Å². The van der Waals surface area contributed by atoms with Crippen molar-refractivity contribution < 1.29 is 23.2 Å². The van der Waals surface area contributed by atoms with E-state index in [1.54, 1.807) is 0 Å². The zero-order valence-electron chi connectivity index (χ0n) is 22.1. The Kier molecular flexibility index (Phi) is 16.4. The Morgan fingerprint density at radius 1 is 0.781 bits per heavy atom. The largest absolute Gasteiger partial charge is 0.469 e. The van der Waals surface area contributed by atoms with Gasteiger partial charge in [-0.15, -0.1) is 0 Å². The Morgan fingerprint density at radius 2 is 1.34 bits per heavy atom. The van der Waals surface area contributed by atoms with Gasteiger partial charge in [-0.1, -0.05) is 51.2 Å². The zero-order valence-corrected chi connectivity index (χ0v) is 24.1. The third-order valence-corrected chi connectivity index (χ3v) is 6.86. The summed E-state index contributed by atoms with van der Waals surface area (Å²) in [5, 5.41) is 0.